The molecule has 7 heteroatoms. The maximum atomic E-state index is 10.7. The van der Waals surface area contributed by atoms with Gasteiger partial charge in [-0.3, -0.25) is 4.79 Å². The van der Waals surface area contributed by atoms with Crippen LogP contribution >= 0.6 is 0 Å². The van der Waals surface area contributed by atoms with Gasteiger partial charge in [0.15, 0.2) is 0 Å². The largest absolute Gasteiger partial charge is 0.655 e. The third-order valence-electron chi connectivity index (χ3n) is 4.27. The van der Waals surface area contributed by atoms with E-state index in [1.165, 1.54) is 6.92 Å². The molecule has 2 aliphatic rings. The first-order valence-corrected chi connectivity index (χ1v) is 8.05. The Morgan fingerprint density at radius 3 is 2.64 bits per heavy atom. The van der Waals surface area contributed by atoms with Gasteiger partial charge in [0.2, 0.25) is 0 Å². The van der Waals surface area contributed by atoms with Crippen LogP contribution in [-0.2, 0) is 30.3 Å². The molecular weight excluding hydrogens is 548 g/mol. The minimum absolute atomic E-state index is 0. The molecule has 0 unspecified atom stereocenters. The van der Waals surface area contributed by atoms with Gasteiger partial charge in [-0.25, -0.2) is 6.61 Å². The van der Waals surface area contributed by atoms with Crippen LogP contribution in [0.4, 0.5) is 0 Å². The second kappa shape index (κ2) is 11.3. The summed E-state index contributed by atoms with van der Waals surface area (Å²) in [6, 6.07) is 9.85. The van der Waals surface area contributed by atoms with Crippen LogP contribution in [-0.4, -0.2) is 38.1 Å². The summed E-state index contributed by atoms with van der Waals surface area (Å²) in [4.78, 5) is 10.7. The second-order valence-corrected chi connectivity index (χ2v) is 5.94. The summed E-state index contributed by atoms with van der Waals surface area (Å²) in [6.07, 6.45) is 2.00. The van der Waals surface area contributed by atoms with Crippen LogP contribution in [0.15, 0.2) is 30.3 Å². The predicted octanol–water partition coefficient (Wildman–Crippen LogP) is 3.12. The van der Waals surface area contributed by atoms with Gasteiger partial charge in [-0.2, -0.15) is 0 Å². The van der Waals surface area contributed by atoms with Gasteiger partial charge in [0.1, 0.15) is 6.61 Å². The molecule has 1 saturated carbocycles. The maximum absolute atomic E-state index is 10.7. The van der Waals surface area contributed by atoms with E-state index in [1.807, 2.05) is 36.9 Å². The van der Waals surface area contributed by atoms with Crippen molar-refractivity contribution in [1.29, 1.82) is 0 Å². The summed E-state index contributed by atoms with van der Waals surface area (Å²) < 4.78 is 20.9. The van der Waals surface area contributed by atoms with Crippen LogP contribution in [0, 0.1) is 43.6 Å². The number of fused-ring (bicyclic) bond motifs is 2. The number of benzene rings is 1. The number of carbonyl (C=O) groups excluding carboxylic acids is 1. The van der Waals surface area contributed by atoms with Gasteiger partial charge in [-0.05, 0) is 18.7 Å². The van der Waals surface area contributed by atoms with Gasteiger partial charge in [-0.15, -0.1) is 5.92 Å². The summed E-state index contributed by atoms with van der Waals surface area (Å²) in [6.45, 7) is 4.11. The van der Waals surface area contributed by atoms with Crippen LogP contribution in [0.2, 0.25) is 0 Å². The van der Waals surface area contributed by atoms with E-state index in [0.717, 1.165) is 18.4 Å². The number of esters is 1. The molecule has 1 heterocycles. The molecule has 1 aliphatic carbocycles. The normalized spacial score (nSPS) is 26.4. The van der Waals surface area contributed by atoms with Crippen molar-refractivity contribution >= 4 is 5.97 Å². The standard InChI is InChI=1S/C10H15O4.C8H10NO.U/c1-7(11)13-6-10-4-3-8(5-14-10)9(10)12-2;9-7-10-6-8-4-2-1-3-5-8;/h5,8-9H,3-4,6H2,1-2H3;1-5,9H,6-7H2;/q2*-1;/t8-,9-,10+;;/m0../s1. The first-order valence-electron chi connectivity index (χ1n) is 8.05. The quantitative estimate of drug-likeness (QED) is 0.386. The molecule has 0 spiro atoms. The molecule has 1 aromatic rings. The Morgan fingerprint density at radius 2 is 2.12 bits per heavy atom. The molecule has 2 fully saturated rings. The van der Waals surface area contributed by atoms with Gasteiger partial charge in [-0.1, -0.05) is 36.8 Å². The van der Waals surface area contributed by atoms with Crippen molar-refractivity contribution in [3.63, 3.8) is 0 Å². The van der Waals surface area contributed by atoms with Crippen molar-refractivity contribution in [3.8, 4) is 0 Å². The van der Waals surface area contributed by atoms with Crippen LogP contribution in [0.5, 0.6) is 0 Å². The Bertz CT molecular complexity index is 505. The van der Waals surface area contributed by atoms with Gasteiger partial charge in [0.05, 0.1) is 18.3 Å². The van der Waals surface area contributed by atoms with E-state index in [2.05, 4.69) is 0 Å². The fraction of sp³-hybridized carbons (Fsp3) is 0.556. The van der Waals surface area contributed by atoms with Crippen molar-refractivity contribution in [2.45, 2.75) is 38.1 Å². The fourth-order valence-corrected chi connectivity index (χ4v) is 3.13. The van der Waals surface area contributed by atoms with E-state index in [-0.39, 0.29) is 49.9 Å². The molecule has 0 radical (unpaired) electrons. The Morgan fingerprint density at radius 1 is 1.40 bits per heavy atom. The topological polar surface area (TPSA) is 77.8 Å². The molecule has 3 rings (SSSR count). The SMILES string of the molecule is CO[C@H]1[C@@H]2[CH-]O[C@@]1(COC(C)=O)CC2.[NH-]COCc1ccccc1.[U]. The summed E-state index contributed by atoms with van der Waals surface area (Å²) in [5.74, 6) is 0.0868. The molecular formula is C18H25NO5U-2. The van der Waals surface area contributed by atoms with Crippen LogP contribution < -0.4 is 0 Å². The Balaban J connectivity index is 0.000000254. The molecule has 6 nitrogen and oxygen atoms in total. The van der Waals surface area contributed by atoms with Gasteiger partial charge >= 0.3 is 5.97 Å². The summed E-state index contributed by atoms with van der Waals surface area (Å²) >= 11 is 0. The summed E-state index contributed by atoms with van der Waals surface area (Å²) in [7, 11) is 1.67. The number of rotatable bonds is 6. The molecule has 2 bridgehead atoms. The van der Waals surface area contributed by atoms with Crippen molar-refractivity contribution in [3.05, 3.63) is 48.2 Å². The first-order chi connectivity index (χ1) is 11.6. The second-order valence-electron chi connectivity index (χ2n) is 5.94. The molecule has 1 aromatic carbocycles. The van der Waals surface area contributed by atoms with E-state index in [0.29, 0.717) is 19.1 Å². The van der Waals surface area contributed by atoms with Crippen molar-refractivity contribution < 1.29 is 54.9 Å². The smallest absolute Gasteiger partial charge is 0.302 e. The third kappa shape index (κ3) is 6.35. The zero-order valence-electron chi connectivity index (χ0n) is 14.7. The minimum Gasteiger partial charge on any atom is -0.655 e. The molecule has 138 valence electrons. The Hall–Kier alpha value is -0.418. The van der Waals surface area contributed by atoms with E-state index >= 15 is 0 Å². The Kier molecular flexibility index (Phi) is 10.3. The van der Waals surface area contributed by atoms with Crippen molar-refractivity contribution in [2.75, 3.05) is 20.4 Å². The number of ether oxygens (including phenoxy) is 4. The van der Waals surface area contributed by atoms with E-state index in [4.69, 9.17) is 24.7 Å². The summed E-state index contributed by atoms with van der Waals surface area (Å²) in [5, 5.41) is 0. The van der Waals surface area contributed by atoms with Crippen LogP contribution in [0.3, 0.4) is 0 Å². The number of methoxy groups -OCH3 is 1. The monoisotopic (exact) mass is 573 g/mol. The molecule has 1 N–H and O–H groups in total. The maximum Gasteiger partial charge on any atom is 0.302 e. The van der Waals surface area contributed by atoms with Crippen molar-refractivity contribution in [1.82, 2.24) is 0 Å². The number of hydrogen-bond donors (Lipinski definition) is 0. The molecule has 0 amide bonds. The number of hydrogen-bond acceptors (Lipinski definition) is 5. The van der Waals surface area contributed by atoms with E-state index < -0.39 is 5.60 Å². The average Bonchev–Trinajstić information content (AvgIpc) is 3.14. The van der Waals surface area contributed by atoms with E-state index in [9.17, 15) is 4.79 Å². The zero-order valence-corrected chi connectivity index (χ0v) is 18.9. The number of carbonyl (C=O) groups is 1. The van der Waals surface area contributed by atoms with Crippen molar-refractivity contribution in [2.24, 2.45) is 5.92 Å². The van der Waals surface area contributed by atoms with Crippen LogP contribution in [0.25, 0.3) is 5.73 Å². The molecule has 1 saturated heterocycles. The predicted molar refractivity (Wildman–Crippen MR) is 88.7 cm³/mol. The summed E-state index contributed by atoms with van der Waals surface area (Å²) in [5.41, 5.74) is 7.44. The number of nitrogens with one attached hydrogen (secondary N) is 1. The van der Waals surface area contributed by atoms with Gasteiger partial charge in [0.25, 0.3) is 0 Å². The Labute approximate surface area is 173 Å². The average molecular weight is 573 g/mol. The third-order valence-corrected chi connectivity index (χ3v) is 4.27. The van der Waals surface area contributed by atoms with Crippen LogP contribution in [0.1, 0.15) is 25.3 Å². The first kappa shape index (κ1) is 22.6. The molecule has 0 aromatic heterocycles. The molecule has 25 heavy (non-hydrogen) atoms. The van der Waals surface area contributed by atoms with Gasteiger partial charge in [0, 0.05) is 45.1 Å². The fourth-order valence-electron chi connectivity index (χ4n) is 3.13. The molecule has 3 atom stereocenters. The molecule has 1 aliphatic heterocycles. The minimum atomic E-state index is -0.412. The van der Waals surface area contributed by atoms with E-state index in [1.54, 1.807) is 7.11 Å². The van der Waals surface area contributed by atoms with Gasteiger partial charge < -0.3 is 24.7 Å². The zero-order chi connectivity index (χ0) is 17.4.